The van der Waals surface area contributed by atoms with Gasteiger partial charge in [0.25, 0.3) is 0 Å². The highest BCUT2D eigenvalue weighted by molar-refractivity contribution is 5.85. The lowest BCUT2D eigenvalue weighted by atomic mass is 10.1. The van der Waals surface area contributed by atoms with Crippen molar-refractivity contribution in [1.29, 1.82) is 0 Å². The fourth-order valence-electron chi connectivity index (χ4n) is 3.92. The first-order valence-electron chi connectivity index (χ1n) is 9.87. The van der Waals surface area contributed by atoms with Gasteiger partial charge < -0.3 is 9.80 Å². The fourth-order valence-corrected chi connectivity index (χ4v) is 3.92. The summed E-state index contributed by atoms with van der Waals surface area (Å²) in [5.74, 6) is 0. The van der Waals surface area contributed by atoms with Gasteiger partial charge in [-0.15, -0.1) is 12.4 Å². The Morgan fingerprint density at radius 2 is 1.27 bits per heavy atom. The molecular formula is C23H33ClN2. The molecule has 0 bridgehead atoms. The van der Waals surface area contributed by atoms with Crippen molar-refractivity contribution >= 4 is 23.8 Å². The summed E-state index contributed by atoms with van der Waals surface area (Å²) in [6.45, 7) is 9.30. The van der Waals surface area contributed by atoms with Gasteiger partial charge in [-0.05, 0) is 76.0 Å². The molecule has 2 aromatic rings. The minimum absolute atomic E-state index is 0. The molecular weight excluding hydrogens is 340 g/mol. The Labute approximate surface area is 165 Å². The summed E-state index contributed by atoms with van der Waals surface area (Å²) >= 11 is 0. The largest absolute Gasteiger partial charge is 0.341 e. The maximum absolute atomic E-state index is 2.67. The van der Waals surface area contributed by atoms with Gasteiger partial charge in [-0.2, -0.15) is 0 Å². The van der Waals surface area contributed by atoms with Crippen molar-refractivity contribution in [3.63, 3.8) is 0 Å². The number of benzene rings is 2. The standard InChI is InChI=1S/C23H32N2.ClH/c1-20-12-5-7-14-22(20)25(23-15-8-6-13-21(23)2)19-11-18-24-16-9-3-4-10-17-24;/h5-8,12-15H,3-4,9-11,16-19H2,1-2H3;1H. The number of nitrogens with zero attached hydrogens (tertiary/aromatic N) is 2. The highest BCUT2D eigenvalue weighted by atomic mass is 35.5. The van der Waals surface area contributed by atoms with Crippen LogP contribution in [-0.4, -0.2) is 31.1 Å². The Morgan fingerprint density at radius 1 is 0.769 bits per heavy atom. The molecule has 1 fully saturated rings. The summed E-state index contributed by atoms with van der Waals surface area (Å²) in [6.07, 6.45) is 6.78. The molecule has 142 valence electrons. The molecule has 3 rings (SSSR count). The molecule has 1 heterocycles. The number of para-hydroxylation sites is 2. The molecule has 3 heteroatoms. The van der Waals surface area contributed by atoms with E-state index in [0.29, 0.717) is 0 Å². The van der Waals surface area contributed by atoms with E-state index in [0.717, 1.165) is 6.54 Å². The van der Waals surface area contributed by atoms with Crippen LogP contribution in [0.3, 0.4) is 0 Å². The molecule has 0 atom stereocenters. The summed E-state index contributed by atoms with van der Waals surface area (Å²) < 4.78 is 0. The zero-order valence-electron chi connectivity index (χ0n) is 16.3. The van der Waals surface area contributed by atoms with Crippen molar-refractivity contribution in [3.05, 3.63) is 59.7 Å². The zero-order valence-corrected chi connectivity index (χ0v) is 17.1. The van der Waals surface area contributed by atoms with Crippen LogP contribution in [0.2, 0.25) is 0 Å². The minimum Gasteiger partial charge on any atom is -0.341 e. The Bertz CT molecular complexity index is 617. The van der Waals surface area contributed by atoms with Gasteiger partial charge in [-0.1, -0.05) is 49.2 Å². The fraction of sp³-hybridized carbons (Fsp3) is 0.478. The minimum atomic E-state index is 0. The molecule has 0 spiro atoms. The summed E-state index contributed by atoms with van der Waals surface area (Å²) in [6, 6.07) is 17.5. The van der Waals surface area contributed by atoms with E-state index in [4.69, 9.17) is 0 Å². The van der Waals surface area contributed by atoms with Crippen molar-refractivity contribution in [2.24, 2.45) is 0 Å². The van der Waals surface area contributed by atoms with Crippen LogP contribution >= 0.6 is 12.4 Å². The molecule has 1 saturated heterocycles. The second-order valence-corrected chi connectivity index (χ2v) is 7.33. The molecule has 0 aromatic heterocycles. The number of aryl methyl sites for hydroxylation is 2. The Balaban J connectivity index is 0.00000243. The summed E-state index contributed by atoms with van der Waals surface area (Å²) in [4.78, 5) is 5.18. The molecule has 0 unspecified atom stereocenters. The summed E-state index contributed by atoms with van der Waals surface area (Å²) in [7, 11) is 0. The molecule has 0 radical (unpaired) electrons. The van der Waals surface area contributed by atoms with Gasteiger partial charge in [0.15, 0.2) is 0 Å². The third-order valence-electron chi connectivity index (χ3n) is 5.37. The van der Waals surface area contributed by atoms with E-state index in [9.17, 15) is 0 Å². The lowest BCUT2D eigenvalue weighted by Gasteiger charge is -2.29. The normalized spacial score (nSPS) is 15.2. The van der Waals surface area contributed by atoms with Gasteiger partial charge in [0.2, 0.25) is 0 Å². The summed E-state index contributed by atoms with van der Waals surface area (Å²) in [5.41, 5.74) is 5.38. The second kappa shape index (κ2) is 10.6. The average Bonchev–Trinajstić information content (AvgIpc) is 2.89. The van der Waals surface area contributed by atoms with E-state index in [1.54, 1.807) is 0 Å². The van der Waals surface area contributed by atoms with E-state index in [-0.39, 0.29) is 12.4 Å². The molecule has 0 aliphatic carbocycles. The molecule has 26 heavy (non-hydrogen) atoms. The lowest BCUT2D eigenvalue weighted by molar-refractivity contribution is 0.283. The van der Waals surface area contributed by atoms with Gasteiger partial charge >= 0.3 is 0 Å². The van der Waals surface area contributed by atoms with E-state index in [1.807, 2.05) is 0 Å². The Kier molecular flexibility index (Phi) is 8.47. The van der Waals surface area contributed by atoms with Gasteiger partial charge in [-0.25, -0.2) is 0 Å². The topological polar surface area (TPSA) is 6.48 Å². The number of likely N-dealkylation sites (tertiary alicyclic amines) is 1. The Hall–Kier alpha value is -1.51. The van der Waals surface area contributed by atoms with Gasteiger partial charge in [0.05, 0.1) is 0 Å². The molecule has 0 amide bonds. The molecule has 1 aliphatic rings. The van der Waals surface area contributed by atoms with Crippen molar-refractivity contribution < 1.29 is 0 Å². The third-order valence-corrected chi connectivity index (χ3v) is 5.37. The van der Waals surface area contributed by atoms with Crippen molar-refractivity contribution in [1.82, 2.24) is 4.90 Å². The van der Waals surface area contributed by atoms with Crippen LogP contribution in [0.4, 0.5) is 11.4 Å². The number of anilines is 2. The van der Waals surface area contributed by atoms with Crippen molar-refractivity contribution in [3.8, 4) is 0 Å². The quantitative estimate of drug-likeness (QED) is 0.601. The summed E-state index contributed by atoms with van der Waals surface area (Å²) in [5, 5.41) is 0. The van der Waals surface area contributed by atoms with E-state index in [2.05, 4.69) is 72.2 Å². The van der Waals surface area contributed by atoms with Gasteiger partial charge in [0.1, 0.15) is 0 Å². The molecule has 2 aromatic carbocycles. The highest BCUT2D eigenvalue weighted by Gasteiger charge is 2.14. The first kappa shape index (κ1) is 20.8. The van der Waals surface area contributed by atoms with Crippen LogP contribution in [0.5, 0.6) is 0 Å². The van der Waals surface area contributed by atoms with Gasteiger partial charge in [0, 0.05) is 17.9 Å². The number of halogens is 1. The first-order valence-corrected chi connectivity index (χ1v) is 9.87. The van der Waals surface area contributed by atoms with Crippen LogP contribution in [-0.2, 0) is 0 Å². The molecule has 1 aliphatic heterocycles. The van der Waals surface area contributed by atoms with Crippen molar-refractivity contribution in [2.45, 2.75) is 46.0 Å². The monoisotopic (exact) mass is 372 g/mol. The second-order valence-electron chi connectivity index (χ2n) is 7.33. The van der Waals surface area contributed by atoms with Crippen LogP contribution in [0, 0.1) is 13.8 Å². The van der Waals surface area contributed by atoms with Crippen molar-refractivity contribution in [2.75, 3.05) is 31.1 Å². The lowest BCUT2D eigenvalue weighted by Crippen LogP contribution is -2.29. The van der Waals surface area contributed by atoms with E-state index >= 15 is 0 Å². The van der Waals surface area contributed by atoms with Crippen LogP contribution < -0.4 is 4.90 Å². The zero-order chi connectivity index (χ0) is 17.5. The predicted molar refractivity (Wildman–Crippen MR) is 116 cm³/mol. The molecule has 2 nitrogen and oxygen atoms in total. The van der Waals surface area contributed by atoms with E-state index in [1.165, 1.54) is 74.2 Å². The number of hydrogen-bond donors (Lipinski definition) is 0. The smallest absolute Gasteiger partial charge is 0.0440 e. The maximum atomic E-state index is 2.67. The molecule has 0 saturated carbocycles. The van der Waals surface area contributed by atoms with Crippen LogP contribution in [0.1, 0.15) is 43.2 Å². The highest BCUT2D eigenvalue weighted by Crippen LogP contribution is 2.30. The SMILES string of the molecule is Cc1ccccc1N(CCCN1CCCCCC1)c1ccccc1C.Cl. The van der Waals surface area contributed by atoms with Crippen LogP contribution in [0.15, 0.2) is 48.5 Å². The number of rotatable bonds is 6. The molecule has 0 N–H and O–H groups in total. The van der Waals surface area contributed by atoms with E-state index < -0.39 is 0 Å². The Morgan fingerprint density at radius 3 is 1.77 bits per heavy atom. The van der Waals surface area contributed by atoms with Gasteiger partial charge in [-0.3, -0.25) is 0 Å². The van der Waals surface area contributed by atoms with Crippen LogP contribution in [0.25, 0.3) is 0 Å². The average molecular weight is 373 g/mol. The third kappa shape index (κ3) is 5.49. The number of hydrogen-bond acceptors (Lipinski definition) is 2. The maximum Gasteiger partial charge on any atom is 0.0440 e. The first-order chi connectivity index (χ1) is 12.3. The predicted octanol–water partition coefficient (Wildman–Crippen LogP) is 6.13.